The number of ether oxygens (including phenoxy) is 1. The van der Waals surface area contributed by atoms with Gasteiger partial charge in [-0.1, -0.05) is 50.8 Å². The lowest BCUT2D eigenvalue weighted by Crippen LogP contribution is -2.24. The second-order valence-corrected chi connectivity index (χ2v) is 17.0. The molecule has 2 aromatic carbocycles. The molecule has 0 unspecified atom stereocenters. The predicted molar refractivity (Wildman–Crippen MR) is 152 cm³/mol. The van der Waals surface area contributed by atoms with Crippen molar-refractivity contribution in [2.24, 2.45) is 5.92 Å². The first-order valence-corrected chi connectivity index (χ1v) is 16.9. The summed E-state index contributed by atoms with van der Waals surface area (Å²) in [6, 6.07) is 13.8. The average molecular weight is 551 g/mol. The van der Waals surface area contributed by atoms with Gasteiger partial charge in [-0.2, -0.15) is 5.10 Å². The van der Waals surface area contributed by atoms with Gasteiger partial charge in [0, 0.05) is 51.3 Å². The Labute approximate surface area is 229 Å². The largest absolute Gasteiger partial charge is 0.360 e. The monoisotopic (exact) mass is 550 g/mol. The van der Waals surface area contributed by atoms with Crippen LogP contribution in [0, 0.1) is 24.5 Å². The van der Waals surface area contributed by atoms with Crippen LogP contribution in [0.4, 0.5) is 8.78 Å². The van der Waals surface area contributed by atoms with Crippen molar-refractivity contribution in [2.45, 2.75) is 58.7 Å². The van der Waals surface area contributed by atoms with Crippen LogP contribution in [0.3, 0.4) is 0 Å². The van der Waals surface area contributed by atoms with E-state index in [0.717, 1.165) is 17.2 Å². The molecule has 0 saturated carbocycles. The summed E-state index contributed by atoms with van der Waals surface area (Å²) < 4.78 is 36.8. The standard InChI is InChI=1S/C30H36F2N4O2Si/c1-21(27(23-6-10-25(31)11-7-23)24-8-12-26(32)13-9-24)18-35-15-14-33-30(35)28-29(37)22(2)19-36(34-28)20-38-16-17-39(3,4)5/h6-15,19,21,27H,16-18,20H2,1-5H3/t21-/m0/s1. The molecule has 39 heavy (non-hydrogen) atoms. The molecule has 0 spiro atoms. The van der Waals surface area contributed by atoms with Crippen molar-refractivity contribution >= 4 is 8.07 Å². The SMILES string of the molecule is Cc1cn(COCC[Si](C)(C)C)nc(-c2nccn2C[C@H](C)C(c2ccc(F)cc2)c2ccc(F)cc2)c1=O. The van der Waals surface area contributed by atoms with Crippen molar-refractivity contribution in [1.82, 2.24) is 19.3 Å². The number of hydrogen-bond acceptors (Lipinski definition) is 4. The maximum Gasteiger partial charge on any atom is 0.214 e. The maximum atomic E-state index is 13.7. The number of aromatic nitrogens is 4. The van der Waals surface area contributed by atoms with Gasteiger partial charge in [0.05, 0.1) is 0 Å². The lowest BCUT2D eigenvalue weighted by molar-refractivity contribution is 0.0774. The number of hydrogen-bond donors (Lipinski definition) is 0. The number of benzene rings is 2. The van der Waals surface area contributed by atoms with E-state index < -0.39 is 8.07 Å². The average Bonchev–Trinajstić information content (AvgIpc) is 3.33. The summed E-state index contributed by atoms with van der Waals surface area (Å²) in [6.07, 6.45) is 5.19. The molecule has 4 rings (SSSR count). The predicted octanol–water partition coefficient (Wildman–Crippen LogP) is 6.47. The molecule has 0 bridgehead atoms. The molecular weight excluding hydrogens is 514 g/mol. The fourth-order valence-electron chi connectivity index (χ4n) is 4.70. The third-order valence-electron chi connectivity index (χ3n) is 6.80. The molecule has 0 radical (unpaired) electrons. The first-order chi connectivity index (χ1) is 18.5. The Morgan fingerprint density at radius 1 is 0.974 bits per heavy atom. The minimum Gasteiger partial charge on any atom is -0.360 e. The molecule has 6 nitrogen and oxygen atoms in total. The summed E-state index contributed by atoms with van der Waals surface area (Å²) in [7, 11) is -1.21. The smallest absolute Gasteiger partial charge is 0.214 e. The van der Waals surface area contributed by atoms with Gasteiger partial charge in [0.25, 0.3) is 0 Å². The molecule has 1 atom stereocenters. The quantitative estimate of drug-likeness (QED) is 0.159. The van der Waals surface area contributed by atoms with Crippen LogP contribution in [0.25, 0.3) is 11.5 Å². The molecule has 2 heterocycles. The molecule has 9 heteroatoms. The lowest BCUT2D eigenvalue weighted by atomic mass is 9.81. The van der Waals surface area contributed by atoms with Gasteiger partial charge in [-0.15, -0.1) is 0 Å². The Morgan fingerprint density at radius 2 is 1.56 bits per heavy atom. The molecule has 2 aromatic heterocycles. The second-order valence-electron chi connectivity index (χ2n) is 11.3. The summed E-state index contributed by atoms with van der Waals surface area (Å²) in [5, 5.41) is 4.58. The maximum absolute atomic E-state index is 13.7. The fraction of sp³-hybridized carbons (Fsp3) is 0.367. The van der Waals surface area contributed by atoms with E-state index in [4.69, 9.17) is 4.74 Å². The van der Waals surface area contributed by atoms with Crippen molar-refractivity contribution in [1.29, 1.82) is 0 Å². The molecule has 0 aliphatic rings. The first-order valence-electron chi connectivity index (χ1n) is 13.2. The molecule has 0 N–H and O–H groups in total. The minimum absolute atomic E-state index is 0.00851. The van der Waals surface area contributed by atoms with Crippen LogP contribution in [0.15, 0.2) is 71.9 Å². The zero-order valence-electron chi connectivity index (χ0n) is 23.2. The highest BCUT2D eigenvalue weighted by atomic mass is 28.3. The van der Waals surface area contributed by atoms with Gasteiger partial charge in [0.1, 0.15) is 18.4 Å². The fourth-order valence-corrected chi connectivity index (χ4v) is 5.46. The lowest BCUT2D eigenvalue weighted by Gasteiger charge is -2.26. The molecule has 0 fully saturated rings. The van der Waals surface area contributed by atoms with E-state index in [1.54, 1.807) is 48.3 Å². The van der Waals surface area contributed by atoms with Gasteiger partial charge in [-0.05, 0) is 54.3 Å². The molecule has 0 aliphatic heterocycles. The van der Waals surface area contributed by atoms with Gasteiger partial charge in [-0.25, -0.2) is 18.4 Å². The van der Waals surface area contributed by atoms with Crippen molar-refractivity contribution in [2.75, 3.05) is 6.61 Å². The van der Waals surface area contributed by atoms with E-state index in [0.29, 0.717) is 24.5 Å². The van der Waals surface area contributed by atoms with Crippen molar-refractivity contribution in [3.05, 3.63) is 106 Å². The Kier molecular flexibility index (Phi) is 8.92. The zero-order chi connectivity index (χ0) is 28.2. The Balaban J connectivity index is 1.61. The normalized spacial score (nSPS) is 12.7. The summed E-state index contributed by atoms with van der Waals surface area (Å²) >= 11 is 0. The minimum atomic E-state index is -1.21. The van der Waals surface area contributed by atoms with Crippen LogP contribution in [0.5, 0.6) is 0 Å². The van der Waals surface area contributed by atoms with Crippen molar-refractivity contribution in [3.63, 3.8) is 0 Å². The zero-order valence-corrected chi connectivity index (χ0v) is 24.2. The number of nitrogens with zero attached hydrogens (tertiary/aromatic N) is 4. The highest BCUT2D eigenvalue weighted by Crippen LogP contribution is 2.34. The molecule has 0 saturated heterocycles. The number of rotatable bonds is 11. The van der Waals surface area contributed by atoms with Crippen molar-refractivity contribution in [3.8, 4) is 11.5 Å². The van der Waals surface area contributed by atoms with Crippen LogP contribution in [0.1, 0.15) is 29.5 Å². The third-order valence-corrected chi connectivity index (χ3v) is 8.51. The van der Waals surface area contributed by atoms with E-state index in [1.807, 2.05) is 10.8 Å². The number of imidazole rings is 1. The second kappa shape index (κ2) is 12.2. The Bertz CT molecular complexity index is 1400. The summed E-state index contributed by atoms with van der Waals surface area (Å²) in [5.74, 6) is -0.294. The number of aryl methyl sites for hydroxylation is 1. The van der Waals surface area contributed by atoms with Crippen LogP contribution >= 0.6 is 0 Å². The van der Waals surface area contributed by atoms with E-state index in [9.17, 15) is 13.6 Å². The molecule has 4 aromatic rings. The Hall–Kier alpha value is -3.43. The Morgan fingerprint density at radius 3 is 2.13 bits per heavy atom. The first kappa shape index (κ1) is 28.6. The van der Waals surface area contributed by atoms with Crippen LogP contribution in [-0.4, -0.2) is 34.0 Å². The van der Waals surface area contributed by atoms with E-state index in [2.05, 4.69) is 36.6 Å². The van der Waals surface area contributed by atoms with Crippen LogP contribution < -0.4 is 5.43 Å². The van der Waals surface area contributed by atoms with Gasteiger partial charge in [-0.3, -0.25) is 4.79 Å². The highest BCUT2D eigenvalue weighted by Gasteiger charge is 2.24. The third kappa shape index (κ3) is 7.36. The van der Waals surface area contributed by atoms with Crippen LogP contribution in [-0.2, 0) is 18.0 Å². The molecular formula is C30H36F2N4O2Si. The van der Waals surface area contributed by atoms with E-state index >= 15 is 0 Å². The summed E-state index contributed by atoms with van der Waals surface area (Å²) in [6.45, 7) is 12.2. The van der Waals surface area contributed by atoms with E-state index in [1.165, 1.54) is 24.3 Å². The highest BCUT2D eigenvalue weighted by molar-refractivity contribution is 6.76. The van der Waals surface area contributed by atoms with Crippen LogP contribution in [0.2, 0.25) is 25.7 Å². The van der Waals surface area contributed by atoms with Gasteiger partial charge < -0.3 is 9.30 Å². The van der Waals surface area contributed by atoms with Gasteiger partial charge in [0.15, 0.2) is 11.5 Å². The summed E-state index contributed by atoms with van der Waals surface area (Å²) in [4.78, 5) is 17.6. The van der Waals surface area contributed by atoms with Crippen molar-refractivity contribution < 1.29 is 13.5 Å². The van der Waals surface area contributed by atoms with Gasteiger partial charge >= 0.3 is 0 Å². The summed E-state index contributed by atoms with van der Waals surface area (Å²) in [5.41, 5.74) is 2.49. The topological polar surface area (TPSA) is 61.9 Å². The molecule has 0 aliphatic carbocycles. The van der Waals surface area contributed by atoms with E-state index in [-0.39, 0.29) is 41.3 Å². The molecule has 0 amide bonds. The molecule has 206 valence electrons. The van der Waals surface area contributed by atoms with Gasteiger partial charge in [0.2, 0.25) is 5.43 Å². The number of halogens is 2.